The molecule has 0 unspecified atom stereocenters. The van der Waals surface area contributed by atoms with Gasteiger partial charge in [-0.3, -0.25) is 0 Å². The van der Waals surface area contributed by atoms with Crippen LogP contribution in [0.1, 0.15) is 25.8 Å². The molecular weight excluding hydrogens is 195 g/mol. The van der Waals surface area contributed by atoms with Crippen LogP contribution in [0.15, 0.2) is 29.8 Å². The molecule has 0 aliphatic heterocycles. The van der Waals surface area contributed by atoms with E-state index in [4.69, 9.17) is 5.11 Å². The first-order valence-electron chi connectivity index (χ1n) is 4.75. The number of hydrogen-bond acceptors (Lipinski definition) is 1. The molecule has 0 aliphatic rings. The van der Waals surface area contributed by atoms with Gasteiger partial charge in [0.25, 0.3) is 0 Å². The van der Waals surface area contributed by atoms with E-state index in [1.54, 1.807) is 19.1 Å². The minimum absolute atomic E-state index is 0.309. The lowest BCUT2D eigenvalue weighted by Gasteiger charge is -2.07. The summed E-state index contributed by atoms with van der Waals surface area (Å²) in [4.78, 5) is 10.8. The predicted octanol–water partition coefficient (Wildman–Crippen LogP) is 3.09. The fraction of sp³-hybridized carbons (Fsp3) is 0.250. The van der Waals surface area contributed by atoms with E-state index in [1.807, 2.05) is 6.92 Å². The summed E-state index contributed by atoms with van der Waals surface area (Å²) in [5.74, 6) is -1.25. The Bertz CT molecular complexity index is 391. The van der Waals surface area contributed by atoms with Crippen molar-refractivity contribution in [2.24, 2.45) is 0 Å². The van der Waals surface area contributed by atoms with Gasteiger partial charge in [0, 0.05) is 5.57 Å². The smallest absolute Gasteiger partial charge is 0.331 e. The number of carboxylic acid groups (broad SMARTS) is 1. The van der Waals surface area contributed by atoms with Crippen LogP contribution in [0.5, 0.6) is 0 Å². The Balaban J connectivity index is 3.19. The molecule has 0 saturated heterocycles. The fourth-order valence-corrected chi connectivity index (χ4v) is 1.47. The number of allylic oxidation sites excluding steroid dienone is 1. The van der Waals surface area contributed by atoms with E-state index in [-0.39, 0.29) is 5.82 Å². The molecule has 0 heterocycles. The number of hydrogen-bond donors (Lipinski definition) is 1. The second kappa shape index (κ2) is 4.73. The third-order valence-corrected chi connectivity index (χ3v) is 2.32. The van der Waals surface area contributed by atoms with Crippen molar-refractivity contribution < 1.29 is 14.3 Å². The average Bonchev–Trinajstić information content (AvgIpc) is 2.21. The molecule has 1 N–H and O–H groups in total. The van der Waals surface area contributed by atoms with Crippen molar-refractivity contribution >= 4 is 11.5 Å². The average molecular weight is 208 g/mol. The number of aliphatic carboxylic acids is 1. The minimum atomic E-state index is -0.934. The SMILES string of the molecule is CC/C(=C(/C)C(=O)O)c1ccc(F)cc1. The molecule has 0 radical (unpaired) electrons. The predicted molar refractivity (Wildman–Crippen MR) is 56.9 cm³/mol. The van der Waals surface area contributed by atoms with Crippen molar-refractivity contribution in [1.29, 1.82) is 0 Å². The molecule has 1 aromatic rings. The largest absolute Gasteiger partial charge is 0.478 e. The van der Waals surface area contributed by atoms with Gasteiger partial charge in [0.15, 0.2) is 0 Å². The van der Waals surface area contributed by atoms with Gasteiger partial charge in [0.1, 0.15) is 5.82 Å². The maximum absolute atomic E-state index is 12.7. The summed E-state index contributed by atoms with van der Waals surface area (Å²) >= 11 is 0. The first-order valence-corrected chi connectivity index (χ1v) is 4.75. The Morgan fingerprint density at radius 3 is 2.27 bits per heavy atom. The topological polar surface area (TPSA) is 37.3 Å². The quantitative estimate of drug-likeness (QED) is 0.775. The van der Waals surface area contributed by atoms with E-state index >= 15 is 0 Å². The van der Waals surface area contributed by atoms with Crippen LogP contribution in [-0.4, -0.2) is 11.1 Å². The van der Waals surface area contributed by atoms with Gasteiger partial charge >= 0.3 is 5.97 Å². The molecule has 1 aromatic carbocycles. The maximum atomic E-state index is 12.7. The summed E-state index contributed by atoms with van der Waals surface area (Å²) in [6, 6.07) is 5.86. The van der Waals surface area contributed by atoms with E-state index in [1.165, 1.54) is 12.1 Å². The summed E-state index contributed by atoms with van der Waals surface area (Å²) in [5.41, 5.74) is 1.81. The normalized spacial score (nSPS) is 12.2. The third-order valence-electron chi connectivity index (χ3n) is 2.32. The van der Waals surface area contributed by atoms with Crippen LogP contribution in [0.25, 0.3) is 5.57 Å². The monoisotopic (exact) mass is 208 g/mol. The summed E-state index contributed by atoms with van der Waals surface area (Å²) in [7, 11) is 0. The third kappa shape index (κ3) is 2.65. The number of rotatable bonds is 3. The number of carbonyl (C=O) groups is 1. The molecule has 0 aliphatic carbocycles. The van der Waals surface area contributed by atoms with Crippen LogP contribution in [0.3, 0.4) is 0 Å². The Hall–Kier alpha value is -1.64. The van der Waals surface area contributed by atoms with Crippen LogP contribution < -0.4 is 0 Å². The van der Waals surface area contributed by atoms with Crippen molar-refractivity contribution in [3.63, 3.8) is 0 Å². The van der Waals surface area contributed by atoms with Crippen LogP contribution in [0, 0.1) is 5.82 Å². The van der Waals surface area contributed by atoms with Gasteiger partial charge in [0.2, 0.25) is 0 Å². The zero-order valence-electron chi connectivity index (χ0n) is 8.75. The highest BCUT2D eigenvalue weighted by Crippen LogP contribution is 2.22. The highest BCUT2D eigenvalue weighted by atomic mass is 19.1. The highest BCUT2D eigenvalue weighted by Gasteiger charge is 2.09. The van der Waals surface area contributed by atoms with Gasteiger partial charge in [-0.15, -0.1) is 0 Å². The zero-order chi connectivity index (χ0) is 11.4. The van der Waals surface area contributed by atoms with E-state index < -0.39 is 5.97 Å². The van der Waals surface area contributed by atoms with Gasteiger partial charge < -0.3 is 5.11 Å². The standard InChI is InChI=1S/C12H13FO2/c1-3-11(8(2)12(14)15)9-4-6-10(13)7-5-9/h4-7H,3H2,1-2H3,(H,14,15)/b11-8+. The molecule has 0 aromatic heterocycles. The Kier molecular flexibility index (Phi) is 3.61. The van der Waals surface area contributed by atoms with Gasteiger partial charge in [-0.05, 0) is 36.6 Å². The molecule has 2 nitrogen and oxygen atoms in total. The van der Waals surface area contributed by atoms with E-state index in [0.717, 1.165) is 11.1 Å². The molecular formula is C12H13FO2. The Morgan fingerprint density at radius 2 is 1.87 bits per heavy atom. The Morgan fingerprint density at radius 1 is 1.33 bits per heavy atom. The number of halogens is 1. The van der Waals surface area contributed by atoms with Gasteiger partial charge in [-0.25, -0.2) is 9.18 Å². The summed E-state index contributed by atoms with van der Waals surface area (Å²) in [5, 5.41) is 8.87. The lowest BCUT2D eigenvalue weighted by molar-refractivity contribution is -0.132. The molecule has 0 fully saturated rings. The first-order chi connectivity index (χ1) is 7.06. The molecule has 0 bridgehead atoms. The highest BCUT2D eigenvalue weighted by molar-refractivity contribution is 5.95. The number of carboxylic acids is 1. The molecule has 3 heteroatoms. The molecule has 0 atom stereocenters. The lowest BCUT2D eigenvalue weighted by atomic mass is 9.98. The van der Waals surface area contributed by atoms with Crippen LogP contribution in [0.4, 0.5) is 4.39 Å². The van der Waals surface area contributed by atoms with Crippen molar-refractivity contribution in [1.82, 2.24) is 0 Å². The summed E-state index contributed by atoms with van der Waals surface area (Å²) in [6.07, 6.45) is 0.615. The van der Waals surface area contributed by atoms with Crippen LogP contribution in [-0.2, 0) is 4.79 Å². The minimum Gasteiger partial charge on any atom is -0.478 e. The molecule has 0 saturated carbocycles. The van der Waals surface area contributed by atoms with Gasteiger partial charge in [-0.1, -0.05) is 19.1 Å². The molecule has 0 amide bonds. The molecule has 0 spiro atoms. The van der Waals surface area contributed by atoms with E-state index in [2.05, 4.69) is 0 Å². The second-order valence-corrected chi connectivity index (χ2v) is 3.27. The molecule has 15 heavy (non-hydrogen) atoms. The first kappa shape index (κ1) is 11.4. The lowest BCUT2D eigenvalue weighted by Crippen LogP contribution is -2.00. The van der Waals surface area contributed by atoms with Crippen molar-refractivity contribution in [2.75, 3.05) is 0 Å². The van der Waals surface area contributed by atoms with E-state index in [0.29, 0.717) is 12.0 Å². The van der Waals surface area contributed by atoms with Gasteiger partial charge in [-0.2, -0.15) is 0 Å². The zero-order valence-corrected chi connectivity index (χ0v) is 8.75. The van der Waals surface area contributed by atoms with Gasteiger partial charge in [0.05, 0.1) is 0 Å². The summed E-state index contributed by atoms with van der Waals surface area (Å²) < 4.78 is 12.7. The second-order valence-electron chi connectivity index (χ2n) is 3.27. The number of benzene rings is 1. The van der Waals surface area contributed by atoms with Crippen LogP contribution in [0.2, 0.25) is 0 Å². The van der Waals surface area contributed by atoms with E-state index in [9.17, 15) is 9.18 Å². The summed E-state index contributed by atoms with van der Waals surface area (Å²) in [6.45, 7) is 3.44. The molecule has 1 rings (SSSR count). The fourth-order valence-electron chi connectivity index (χ4n) is 1.47. The Labute approximate surface area is 88.1 Å². The van der Waals surface area contributed by atoms with Crippen molar-refractivity contribution in [3.05, 3.63) is 41.2 Å². The van der Waals surface area contributed by atoms with Crippen molar-refractivity contribution in [3.8, 4) is 0 Å². The van der Waals surface area contributed by atoms with Crippen LogP contribution >= 0.6 is 0 Å². The van der Waals surface area contributed by atoms with Crippen molar-refractivity contribution in [2.45, 2.75) is 20.3 Å². The molecule has 80 valence electrons. The maximum Gasteiger partial charge on any atom is 0.331 e.